The topological polar surface area (TPSA) is 80.5 Å². The fourth-order valence-electron chi connectivity index (χ4n) is 3.12. The Labute approximate surface area is 148 Å². The molecule has 0 amide bonds. The lowest BCUT2D eigenvalue weighted by molar-refractivity contribution is -0.0728. The van der Waals surface area contributed by atoms with E-state index in [4.69, 9.17) is 0 Å². The Morgan fingerprint density at radius 3 is 2.96 bits per heavy atom. The minimum atomic E-state index is -2.69. The second-order valence-corrected chi connectivity index (χ2v) is 6.48. The van der Waals surface area contributed by atoms with Gasteiger partial charge >= 0.3 is 0 Å². The van der Waals surface area contributed by atoms with Gasteiger partial charge in [0.2, 0.25) is 0 Å². The van der Waals surface area contributed by atoms with Crippen LogP contribution in [0.5, 0.6) is 0 Å². The number of hydrogen-bond acceptors (Lipinski definition) is 6. The van der Waals surface area contributed by atoms with Crippen LogP contribution < -0.4 is 10.6 Å². The number of aromatic nitrogens is 5. The number of halogens is 2. The number of piperidine rings is 1. The maximum Gasteiger partial charge on any atom is 0.255 e. The summed E-state index contributed by atoms with van der Waals surface area (Å²) >= 11 is 0. The quantitative estimate of drug-likeness (QED) is 0.742. The summed E-state index contributed by atoms with van der Waals surface area (Å²) in [5.41, 5.74) is 2.71. The molecule has 1 aliphatic rings. The third-order valence-corrected chi connectivity index (χ3v) is 4.60. The second kappa shape index (κ2) is 6.56. The Morgan fingerprint density at radius 2 is 2.19 bits per heavy atom. The second-order valence-electron chi connectivity index (χ2n) is 6.48. The van der Waals surface area contributed by atoms with E-state index in [2.05, 4.69) is 30.7 Å². The molecule has 0 bridgehead atoms. The highest BCUT2D eigenvalue weighted by molar-refractivity contribution is 5.88. The van der Waals surface area contributed by atoms with E-state index in [1.54, 1.807) is 23.3 Å². The van der Waals surface area contributed by atoms with Crippen molar-refractivity contribution in [2.75, 3.05) is 25.0 Å². The summed E-state index contributed by atoms with van der Waals surface area (Å²) in [6.07, 6.45) is 6.55. The molecule has 9 heteroatoms. The normalized spacial score (nSPS) is 19.6. The Kier molecular flexibility index (Phi) is 4.23. The Morgan fingerprint density at radius 1 is 1.35 bits per heavy atom. The van der Waals surface area contributed by atoms with Gasteiger partial charge in [-0.15, -0.1) is 0 Å². The van der Waals surface area contributed by atoms with Gasteiger partial charge in [-0.3, -0.25) is 9.67 Å². The largest absolute Gasteiger partial charge is 0.368 e. The molecule has 3 aromatic rings. The third kappa shape index (κ3) is 3.22. The number of hydrogen-bond donors (Lipinski definition) is 2. The zero-order chi connectivity index (χ0) is 18.1. The van der Waals surface area contributed by atoms with E-state index in [9.17, 15) is 8.78 Å². The van der Waals surface area contributed by atoms with Crippen molar-refractivity contribution in [1.29, 1.82) is 0 Å². The molecule has 1 aliphatic heterocycles. The fourth-order valence-corrected chi connectivity index (χ4v) is 3.12. The molecule has 0 aliphatic carbocycles. The van der Waals surface area contributed by atoms with Gasteiger partial charge < -0.3 is 10.6 Å². The molecule has 0 spiro atoms. The van der Waals surface area contributed by atoms with E-state index < -0.39 is 11.8 Å². The van der Waals surface area contributed by atoms with Crippen LogP contribution in [0, 0.1) is 5.92 Å². The molecule has 136 valence electrons. The van der Waals surface area contributed by atoms with Crippen LogP contribution in [0.3, 0.4) is 0 Å². The van der Waals surface area contributed by atoms with Crippen LogP contribution in [0.4, 0.5) is 14.6 Å². The van der Waals surface area contributed by atoms with Crippen molar-refractivity contribution in [3.8, 4) is 11.3 Å². The van der Waals surface area contributed by atoms with Crippen molar-refractivity contribution in [3.63, 3.8) is 0 Å². The van der Waals surface area contributed by atoms with Gasteiger partial charge in [-0.1, -0.05) is 0 Å². The summed E-state index contributed by atoms with van der Waals surface area (Å²) in [6.45, 7) is 0.716. The molecule has 4 heterocycles. The van der Waals surface area contributed by atoms with Gasteiger partial charge in [-0.25, -0.2) is 18.7 Å². The maximum atomic E-state index is 14.1. The van der Waals surface area contributed by atoms with E-state index in [0.29, 0.717) is 29.1 Å². The number of pyridine rings is 1. The maximum absolute atomic E-state index is 14.1. The monoisotopic (exact) mass is 359 g/mol. The summed E-state index contributed by atoms with van der Waals surface area (Å²) in [5, 5.41) is 10.2. The first-order valence-electron chi connectivity index (χ1n) is 8.46. The summed E-state index contributed by atoms with van der Waals surface area (Å²) in [7, 11) is 1.82. The van der Waals surface area contributed by atoms with Crippen molar-refractivity contribution >= 4 is 16.9 Å². The smallest absolute Gasteiger partial charge is 0.255 e. The Balaban J connectivity index is 1.67. The fraction of sp³-hybridized carbons (Fsp3) is 0.412. The van der Waals surface area contributed by atoms with E-state index in [0.717, 1.165) is 5.56 Å². The van der Waals surface area contributed by atoms with Gasteiger partial charge in [0.1, 0.15) is 5.52 Å². The van der Waals surface area contributed by atoms with Crippen LogP contribution in [0.15, 0.2) is 30.9 Å². The van der Waals surface area contributed by atoms with Gasteiger partial charge in [0.25, 0.3) is 5.92 Å². The van der Waals surface area contributed by atoms with Crippen LogP contribution >= 0.6 is 0 Å². The van der Waals surface area contributed by atoms with Gasteiger partial charge in [-0.2, -0.15) is 5.10 Å². The molecule has 26 heavy (non-hydrogen) atoms. The number of anilines is 1. The number of nitrogens with zero attached hydrogens (tertiary/aromatic N) is 5. The van der Waals surface area contributed by atoms with Gasteiger partial charge in [0.05, 0.1) is 23.3 Å². The number of alkyl halides is 2. The first-order valence-corrected chi connectivity index (χ1v) is 8.46. The van der Waals surface area contributed by atoms with Crippen LogP contribution in [-0.2, 0) is 7.05 Å². The molecule has 1 saturated heterocycles. The number of fused-ring (bicyclic) bond motifs is 1. The van der Waals surface area contributed by atoms with Gasteiger partial charge in [0.15, 0.2) is 5.82 Å². The zero-order valence-corrected chi connectivity index (χ0v) is 14.3. The first kappa shape index (κ1) is 16.8. The van der Waals surface area contributed by atoms with Crippen molar-refractivity contribution in [3.05, 3.63) is 30.9 Å². The molecule has 3 aromatic heterocycles. The molecule has 0 radical (unpaired) electrons. The predicted molar refractivity (Wildman–Crippen MR) is 93.9 cm³/mol. The zero-order valence-electron chi connectivity index (χ0n) is 14.3. The molecular weight excluding hydrogens is 340 g/mol. The highest BCUT2D eigenvalue weighted by atomic mass is 19.3. The third-order valence-electron chi connectivity index (χ3n) is 4.60. The number of rotatable bonds is 4. The van der Waals surface area contributed by atoms with E-state index in [1.807, 2.05) is 19.3 Å². The molecule has 4 rings (SSSR count). The lowest BCUT2D eigenvalue weighted by atomic mass is 9.95. The number of nitrogens with one attached hydrogen (secondary N) is 2. The molecular formula is C17H19F2N7. The SMILES string of the molecule is Cn1cc(-c2cc3nccnc3c(NC[C@@H]3CNCCC3(F)F)n2)cn1. The summed E-state index contributed by atoms with van der Waals surface area (Å²) in [5.74, 6) is -3.04. The van der Waals surface area contributed by atoms with Gasteiger partial charge in [0, 0.05) is 57.3 Å². The van der Waals surface area contributed by atoms with Crippen LogP contribution in [0.25, 0.3) is 22.3 Å². The van der Waals surface area contributed by atoms with E-state index in [-0.39, 0.29) is 19.5 Å². The molecule has 0 aromatic carbocycles. The van der Waals surface area contributed by atoms with E-state index in [1.165, 1.54) is 0 Å². The predicted octanol–water partition coefficient (Wildman–Crippen LogP) is 2.08. The van der Waals surface area contributed by atoms with Crippen molar-refractivity contribution in [1.82, 2.24) is 30.0 Å². The Hall–Kier alpha value is -2.68. The number of aryl methyl sites for hydroxylation is 1. The first-order chi connectivity index (χ1) is 12.5. The summed E-state index contributed by atoms with van der Waals surface area (Å²) < 4.78 is 29.9. The minimum absolute atomic E-state index is 0.106. The molecule has 1 fully saturated rings. The lowest BCUT2D eigenvalue weighted by Crippen LogP contribution is -2.47. The van der Waals surface area contributed by atoms with Crippen LogP contribution in [0.1, 0.15) is 6.42 Å². The van der Waals surface area contributed by atoms with Crippen molar-refractivity contribution in [2.24, 2.45) is 13.0 Å². The highest BCUT2D eigenvalue weighted by Gasteiger charge is 2.41. The average Bonchev–Trinajstić information content (AvgIpc) is 3.06. The molecule has 1 atom stereocenters. The lowest BCUT2D eigenvalue weighted by Gasteiger charge is -2.32. The standard InChI is InChI=1S/C17H19F2N7/c1-26-10-11(7-24-26)13-6-14-15(22-5-4-21-14)16(25-13)23-9-12-8-20-3-2-17(12,18)19/h4-7,10,12,20H,2-3,8-9H2,1H3,(H,23,25)/t12-/m0/s1. The molecule has 0 unspecified atom stereocenters. The molecule has 7 nitrogen and oxygen atoms in total. The highest BCUT2D eigenvalue weighted by Crippen LogP contribution is 2.31. The van der Waals surface area contributed by atoms with E-state index >= 15 is 0 Å². The Bertz CT molecular complexity index is 924. The average molecular weight is 359 g/mol. The minimum Gasteiger partial charge on any atom is -0.368 e. The summed E-state index contributed by atoms with van der Waals surface area (Å²) in [4.78, 5) is 13.2. The van der Waals surface area contributed by atoms with Crippen LogP contribution in [0.2, 0.25) is 0 Å². The summed E-state index contributed by atoms with van der Waals surface area (Å²) in [6, 6.07) is 1.82. The van der Waals surface area contributed by atoms with Gasteiger partial charge in [-0.05, 0) is 6.07 Å². The van der Waals surface area contributed by atoms with Crippen molar-refractivity contribution < 1.29 is 8.78 Å². The molecule has 2 N–H and O–H groups in total. The van der Waals surface area contributed by atoms with Crippen molar-refractivity contribution in [2.45, 2.75) is 12.3 Å². The molecule has 0 saturated carbocycles. The van der Waals surface area contributed by atoms with Crippen LogP contribution in [-0.4, -0.2) is 50.3 Å².